The van der Waals surface area contributed by atoms with Crippen LogP contribution in [0.2, 0.25) is 10.0 Å². The first-order chi connectivity index (χ1) is 9.46. The third-order valence-electron chi connectivity index (χ3n) is 4.04. The van der Waals surface area contributed by atoms with E-state index in [4.69, 9.17) is 34.8 Å². The number of benzene rings is 1. The SMILES string of the molecule is CC1CCC(CCl)(NC(=O)c2cc(Cl)ccc2Cl)CC1. The number of amides is 1. The Labute approximate surface area is 134 Å². The summed E-state index contributed by atoms with van der Waals surface area (Å²) in [4.78, 5) is 12.4. The highest BCUT2D eigenvalue weighted by Crippen LogP contribution is 2.33. The Morgan fingerprint density at radius 1 is 1.35 bits per heavy atom. The van der Waals surface area contributed by atoms with Gasteiger partial charge >= 0.3 is 0 Å². The highest BCUT2D eigenvalue weighted by Gasteiger charge is 2.35. The first-order valence-corrected chi connectivity index (χ1v) is 8.08. The second kappa shape index (κ2) is 6.55. The van der Waals surface area contributed by atoms with Crippen molar-refractivity contribution < 1.29 is 4.79 Å². The second-order valence-electron chi connectivity index (χ2n) is 5.67. The molecule has 0 aliphatic heterocycles. The van der Waals surface area contributed by atoms with Crippen LogP contribution in [-0.2, 0) is 0 Å². The van der Waals surface area contributed by atoms with Gasteiger partial charge in [-0.25, -0.2) is 0 Å². The highest BCUT2D eigenvalue weighted by atomic mass is 35.5. The fraction of sp³-hybridized carbons (Fsp3) is 0.533. The Morgan fingerprint density at radius 3 is 2.60 bits per heavy atom. The topological polar surface area (TPSA) is 29.1 Å². The zero-order chi connectivity index (χ0) is 14.8. The van der Waals surface area contributed by atoms with E-state index in [0.29, 0.717) is 27.4 Å². The van der Waals surface area contributed by atoms with E-state index in [0.717, 1.165) is 25.7 Å². The maximum Gasteiger partial charge on any atom is 0.253 e. The van der Waals surface area contributed by atoms with Crippen LogP contribution >= 0.6 is 34.8 Å². The van der Waals surface area contributed by atoms with Crippen molar-refractivity contribution >= 4 is 40.7 Å². The maximum absolute atomic E-state index is 12.4. The Morgan fingerprint density at radius 2 is 2.00 bits per heavy atom. The summed E-state index contributed by atoms with van der Waals surface area (Å²) in [7, 11) is 0. The lowest BCUT2D eigenvalue weighted by atomic mass is 9.78. The summed E-state index contributed by atoms with van der Waals surface area (Å²) in [5.41, 5.74) is 0.0823. The zero-order valence-corrected chi connectivity index (χ0v) is 13.7. The van der Waals surface area contributed by atoms with Crippen LogP contribution in [0.1, 0.15) is 43.0 Å². The van der Waals surface area contributed by atoms with Crippen molar-refractivity contribution in [2.75, 3.05) is 5.88 Å². The molecule has 1 aliphatic rings. The van der Waals surface area contributed by atoms with Gasteiger partial charge in [0.05, 0.1) is 16.1 Å². The van der Waals surface area contributed by atoms with Gasteiger partial charge in [0.1, 0.15) is 0 Å². The third kappa shape index (κ3) is 3.60. The molecule has 0 bridgehead atoms. The maximum atomic E-state index is 12.4. The van der Waals surface area contributed by atoms with Gasteiger partial charge in [-0.3, -0.25) is 4.79 Å². The number of hydrogen-bond acceptors (Lipinski definition) is 1. The van der Waals surface area contributed by atoms with Crippen molar-refractivity contribution in [3.63, 3.8) is 0 Å². The van der Waals surface area contributed by atoms with Gasteiger partial charge in [-0.15, -0.1) is 11.6 Å². The molecule has 1 aliphatic carbocycles. The van der Waals surface area contributed by atoms with E-state index in [9.17, 15) is 4.79 Å². The summed E-state index contributed by atoms with van der Waals surface area (Å²) >= 11 is 18.1. The van der Waals surface area contributed by atoms with Crippen molar-refractivity contribution in [3.8, 4) is 0 Å². The monoisotopic (exact) mass is 333 g/mol. The van der Waals surface area contributed by atoms with Crippen molar-refractivity contribution in [2.24, 2.45) is 5.92 Å². The van der Waals surface area contributed by atoms with Crippen LogP contribution < -0.4 is 5.32 Å². The molecule has 0 unspecified atom stereocenters. The number of rotatable bonds is 3. The van der Waals surface area contributed by atoms with Crippen molar-refractivity contribution in [3.05, 3.63) is 33.8 Å². The van der Waals surface area contributed by atoms with Gasteiger partial charge < -0.3 is 5.32 Å². The average Bonchev–Trinajstić information content (AvgIpc) is 2.44. The third-order valence-corrected chi connectivity index (χ3v) is 5.12. The molecule has 1 fully saturated rings. The molecule has 0 atom stereocenters. The molecule has 2 nitrogen and oxygen atoms in total. The van der Waals surface area contributed by atoms with E-state index in [2.05, 4.69) is 12.2 Å². The number of hydrogen-bond donors (Lipinski definition) is 1. The van der Waals surface area contributed by atoms with Gasteiger partial charge in [-0.2, -0.15) is 0 Å². The van der Waals surface area contributed by atoms with Crippen LogP contribution in [0.3, 0.4) is 0 Å². The average molecular weight is 335 g/mol. The minimum Gasteiger partial charge on any atom is -0.345 e. The number of nitrogens with one attached hydrogen (secondary N) is 1. The lowest BCUT2D eigenvalue weighted by Gasteiger charge is -2.38. The quantitative estimate of drug-likeness (QED) is 0.782. The number of halogens is 3. The van der Waals surface area contributed by atoms with Crippen molar-refractivity contribution in [1.82, 2.24) is 5.32 Å². The zero-order valence-electron chi connectivity index (χ0n) is 11.4. The summed E-state index contributed by atoms with van der Waals surface area (Å²) < 4.78 is 0. The number of carbonyl (C=O) groups excluding carboxylic acids is 1. The van der Waals surface area contributed by atoms with Gasteiger partial charge in [0, 0.05) is 10.9 Å². The number of alkyl halides is 1. The Balaban J connectivity index is 2.15. The summed E-state index contributed by atoms with van der Waals surface area (Å²) in [5, 5.41) is 3.97. The molecule has 5 heteroatoms. The molecule has 20 heavy (non-hydrogen) atoms. The van der Waals surface area contributed by atoms with Crippen LogP contribution in [0.25, 0.3) is 0 Å². The highest BCUT2D eigenvalue weighted by molar-refractivity contribution is 6.35. The van der Waals surface area contributed by atoms with Gasteiger partial charge in [0.2, 0.25) is 0 Å². The molecule has 0 spiro atoms. The smallest absolute Gasteiger partial charge is 0.253 e. The standard InChI is InChI=1S/C15H18Cl3NO/c1-10-4-6-15(9-16,7-5-10)19-14(20)12-8-11(17)2-3-13(12)18/h2-3,8,10H,4-7,9H2,1H3,(H,19,20). The van der Waals surface area contributed by atoms with Crippen LogP contribution in [0.4, 0.5) is 0 Å². The predicted octanol–water partition coefficient (Wildman–Crippen LogP) is 4.91. The van der Waals surface area contributed by atoms with E-state index >= 15 is 0 Å². The lowest BCUT2D eigenvalue weighted by Crippen LogP contribution is -2.52. The van der Waals surface area contributed by atoms with Crippen molar-refractivity contribution in [1.29, 1.82) is 0 Å². The molecule has 0 heterocycles. The predicted molar refractivity (Wildman–Crippen MR) is 85.0 cm³/mol. The van der Waals surface area contributed by atoms with E-state index in [1.165, 1.54) is 0 Å². The molecule has 1 saturated carbocycles. The van der Waals surface area contributed by atoms with Crippen LogP contribution in [0, 0.1) is 5.92 Å². The summed E-state index contributed by atoms with van der Waals surface area (Å²) in [6, 6.07) is 4.89. The second-order valence-corrected chi connectivity index (χ2v) is 6.79. The largest absolute Gasteiger partial charge is 0.345 e. The van der Waals surface area contributed by atoms with Crippen LogP contribution in [0.15, 0.2) is 18.2 Å². The molecule has 110 valence electrons. The molecule has 1 aromatic carbocycles. The fourth-order valence-electron chi connectivity index (χ4n) is 2.59. The summed E-state index contributed by atoms with van der Waals surface area (Å²) in [6.07, 6.45) is 3.97. The van der Waals surface area contributed by atoms with Gasteiger partial charge in [-0.1, -0.05) is 30.1 Å². The Kier molecular flexibility index (Phi) is 5.22. The minimum absolute atomic E-state index is 0.201. The van der Waals surface area contributed by atoms with Gasteiger partial charge in [-0.05, 0) is 49.8 Å². The normalized spacial score (nSPS) is 26.3. The van der Waals surface area contributed by atoms with Crippen molar-refractivity contribution in [2.45, 2.75) is 38.1 Å². The summed E-state index contributed by atoms with van der Waals surface area (Å²) in [5.74, 6) is 0.912. The molecular formula is C15H18Cl3NO. The van der Waals surface area contributed by atoms with E-state index in [1.807, 2.05) is 0 Å². The van der Waals surface area contributed by atoms with E-state index < -0.39 is 0 Å². The molecule has 0 radical (unpaired) electrons. The Bertz CT molecular complexity index is 496. The van der Waals surface area contributed by atoms with Gasteiger partial charge in [0.15, 0.2) is 0 Å². The van der Waals surface area contributed by atoms with Crippen LogP contribution in [0.5, 0.6) is 0 Å². The molecule has 0 aromatic heterocycles. The van der Waals surface area contributed by atoms with E-state index in [-0.39, 0.29) is 11.4 Å². The van der Waals surface area contributed by atoms with Gasteiger partial charge in [0.25, 0.3) is 5.91 Å². The Hall–Kier alpha value is -0.440. The molecule has 1 aromatic rings. The van der Waals surface area contributed by atoms with Crippen LogP contribution in [-0.4, -0.2) is 17.3 Å². The fourth-order valence-corrected chi connectivity index (χ4v) is 3.30. The molecule has 0 saturated heterocycles. The molecular weight excluding hydrogens is 317 g/mol. The molecule has 1 N–H and O–H groups in total. The first kappa shape index (κ1) is 15.9. The molecule has 1 amide bonds. The first-order valence-electron chi connectivity index (χ1n) is 6.79. The minimum atomic E-state index is -0.323. The summed E-state index contributed by atoms with van der Waals surface area (Å²) in [6.45, 7) is 2.23. The van der Waals surface area contributed by atoms with E-state index in [1.54, 1.807) is 18.2 Å². The molecule has 2 rings (SSSR count). The number of carbonyl (C=O) groups is 1. The lowest BCUT2D eigenvalue weighted by molar-refractivity contribution is 0.0872.